The fourth-order valence-corrected chi connectivity index (χ4v) is 2.35. The van der Waals surface area contributed by atoms with Crippen LogP contribution < -0.4 is 4.74 Å². The summed E-state index contributed by atoms with van der Waals surface area (Å²) in [6, 6.07) is 10.8. The van der Waals surface area contributed by atoms with Crippen LogP contribution in [0.3, 0.4) is 0 Å². The van der Waals surface area contributed by atoms with Crippen LogP contribution >= 0.6 is 23.2 Å². The van der Waals surface area contributed by atoms with Crippen molar-refractivity contribution in [2.45, 2.75) is 26.4 Å². The van der Waals surface area contributed by atoms with Gasteiger partial charge in [0, 0.05) is 5.02 Å². The second-order valence-electron chi connectivity index (χ2n) is 4.57. The van der Waals surface area contributed by atoms with Crippen molar-refractivity contribution in [1.82, 2.24) is 0 Å². The molecule has 1 atom stereocenters. The summed E-state index contributed by atoms with van der Waals surface area (Å²) in [6.07, 6.45) is 0.286. The lowest BCUT2D eigenvalue weighted by atomic mass is 10.1. The topological polar surface area (TPSA) is 29.5 Å². The molecule has 0 aliphatic heterocycles. The predicted molar refractivity (Wildman–Crippen MR) is 83.0 cm³/mol. The van der Waals surface area contributed by atoms with Crippen molar-refractivity contribution in [3.63, 3.8) is 0 Å². The molecule has 2 nitrogen and oxygen atoms in total. The van der Waals surface area contributed by atoms with E-state index in [0.717, 1.165) is 22.6 Å². The maximum Gasteiger partial charge on any atom is 0.146 e. The molecule has 106 valence electrons. The number of hydrogen-bond donors (Lipinski definition) is 1. The van der Waals surface area contributed by atoms with E-state index < -0.39 is 6.10 Å². The minimum Gasteiger partial charge on any atom is -0.456 e. The van der Waals surface area contributed by atoms with Crippen LogP contribution in [-0.2, 0) is 6.42 Å². The Morgan fingerprint density at radius 3 is 2.45 bits per heavy atom. The summed E-state index contributed by atoms with van der Waals surface area (Å²) >= 11 is 12.2. The normalized spacial score (nSPS) is 12.2. The van der Waals surface area contributed by atoms with E-state index in [1.54, 1.807) is 31.2 Å². The van der Waals surface area contributed by atoms with E-state index in [1.807, 2.05) is 19.1 Å². The number of benzene rings is 2. The third-order valence-corrected chi connectivity index (χ3v) is 3.73. The molecule has 4 heteroatoms. The fraction of sp³-hybridized carbons (Fsp3) is 0.250. The zero-order valence-corrected chi connectivity index (χ0v) is 12.9. The first-order chi connectivity index (χ1) is 9.51. The Hall–Kier alpha value is -1.22. The molecule has 2 rings (SSSR count). The van der Waals surface area contributed by atoms with Gasteiger partial charge in [0.05, 0.1) is 11.1 Å². The highest BCUT2D eigenvalue weighted by Crippen LogP contribution is 2.33. The van der Waals surface area contributed by atoms with Gasteiger partial charge in [-0.1, -0.05) is 36.2 Å². The van der Waals surface area contributed by atoms with Gasteiger partial charge in [0.25, 0.3) is 0 Å². The molecule has 0 radical (unpaired) electrons. The molecule has 0 saturated carbocycles. The van der Waals surface area contributed by atoms with E-state index in [-0.39, 0.29) is 0 Å². The lowest BCUT2D eigenvalue weighted by molar-refractivity contribution is 0.199. The second kappa shape index (κ2) is 6.49. The van der Waals surface area contributed by atoms with E-state index in [0.29, 0.717) is 16.5 Å². The quantitative estimate of drug-likeness (QED) is 0.819. The van der Waals surface area contributed by atoms with Crippen molar-refractivity contribution in [3.8, 4) is 11.5 Å². The Morgan fingerprint density at radius 2 is 1.85 bits per heavy atom. The van der Waals surface area contributed by atoms with E-state index >= 15 is 0 Å². The molecule has 0 amide bonds. The molecule has 1 unspecified atom stereocenters. The van der Waals surface area contributed by atoms with Crippen molar-refractivity contribution in [3.05, 3.63) is 57.6 Å². The molecule has 0 fully saturated rings. The van der Waals surface area contributed by atoms with Gasteiger partial charge < -0.3 is 9.84 Å². The Labute approximate surface area is 128 Å². The Kier molecular flexibility index (Phi) is 4.92. The lowest BCUT2D eigenvalue weighted by Gasteiger charge is -2.11. The van der Waals surface area contributed by atoms with Crippen molar-refractivity contribution < 1.29 is 9.84 Å². The number of aliphatic hydroxyl groups excluding tert-OH is 1. The van der Waals surface area contributed by atoms with Gasteiger partial charge in [-0.25, -0.2) is 0 Å². The highest BCUT2D eigenvalue weighted by molar-refractivity contribution is 6.32. The van der Waals surface area contributed by atoms with Crippen LogP contribution in [0.15, 0.2) is 36.4 Å². The molecular weight excluding hydrogens is 295 g/mol. The predicted octanol–water partition coefficient (Wildman–Crippen LogP) is 5.40. The smallest absolute Gasteiger partial charge is 0.146 e. The number of halogens is 2. The largest absolute Gasteiger partial charge is 0.456 e. The zero-order chi connectivity index (χ0) is 14.7. The van der Waals surface area contributed by atoms with Gasteiger partial charge >= 0.3 is 0 Å². The summed E-state index contributed by atoms with van der Waals surface area (Å²) in [6.45, 7) is 3.73. The molecule has 0 aliphatic carbocycles. The number of aliphatic hydroxyl groups is 1. The van der Waals surface area contributed by atoms with Crippen molar-refractivity contribution in [2.24, 2.45) is 0 Å². The first-order valence-electron chi connectivity index (χ1n) is 6.45. The number of aryl methyl sites for hydroxylation is 1. The number of ether oxygens (including phenoxy) is 1. The van der Waals surface area contributed by atoms with Crippen molar-refractivity contribution >= 4 is 23.2 Å². The third kappa shape index (κ3) is 3.45. The number of hydrogen-bond acceptors (Lipinski definition) is 2. The van der Waals surface area contributed by atoms with Crippen LogP contribution in [0.4, 0.5) is 0 Å². The molecule has 0 aromatic heterocycles. The standard InChI is InChI=1S/C16H16Cl2O2/c1-3-11-8-13(5-6-14(11)17)20-16-7-4-12(10(2)19)9-15(16)18/h4-10,19H,3H2,1-2H3. The van der Waals surface area contributed by atoms with Gasteiger partial charge in [0.1, 0.15) is 11.5 Å². The van der Waals surface area contributed by atoms with Gasteiger partial charge in [-0.3, -0.25) is 0 Å². The van der Waals surface area contributed by atoms with Gasteiger partial charge in [-0.2, -0.15) is 0 Å². The first-order valence-corrected chi connectivity index (χ1v) is 7.20. The Morgan fingerprint density at radius 1 is 1.10 bits per heavy atom. The second-order valence-corrected chi connectivity index (χ2v) is 5.39. The van der Waals surface area contributed by atoms with Crippen LogP contribution in [0.25, 0.3) is 0 Å². The maximum absolute atomic E-state index is 9.51. The minimum atomic E-state index is -0.552. The lowest BCUT2D eigenvalue weighted by Crippen LogP contribution is -1.93. The van der Waals surface area contributed by atoms with Crippen LogP contribution in [0.2, 0.25) is 10.0 Å². The average Bonchev–Trinajstić information content (AvgIpc) is 2.42. The molecule has 2 aromatic rings. The molecule has 20 heavy (non-hydrogen) atoms. The SMILES string of the molecule is CCc1cc(Oc2ccc(C(C)O)cc2Cl)ccc1Cl. The first kappa shape index (κ1) is 15.2. The molecule has 0 bridgehead atoms. The summed E-state index contributed by atoms with van der Waals surface area (Å²) in [7, 11) is 0. The molecule has 0 spiro atoms. The summed E-state index contributed by atoms with van der Waals surface area (Å²) in [5.74, 6) is 1.25. The van der Waals surface area contributed by atoms with Gasteiger partial charge in [0.15, 0.2) is 0 Å². The van der Waals surface area contributed by atoms with Gasteiger partial charge in [0.2, 0.25) is 0 Å². The zero-order valence-electron chi connectivity index (χ0n) is 11.4. The van der Waals surface area contributed by atoms with Crippen LogP contribution in [0.1, 0.15) is 31.1 Å². The van der Waals surface area contributed by atoms with E-state index in [9.17, 15) is 5.11 Å². The van der Waals surface area contributed by atoms with Crippen LogP contribution in [0, 0.1) is 0 Å². The van der Waals surface area contributed by atoms with Gasteiger partial charge in [-0.05, 0) is 54.8 Å². The Bertz CT molecular complexity index is 609. The number of rotatable bonds is 4. The highest BCUT2D eigenvalue weighted by Gasteiger charge is 2.08. The van der Waals surface area contributed by atoms with E-state index in [4.69, 9.17) is 27.9 Å². The monoisotopic (exact) mass is 310 g/mol. The minimum absolute atomic E-state index is 0.469. The van der Waals surface area contributed by atoms with Crippen LogP contribution in [0.5, 0.6) is 11.5 Å². The van der Waals surface area contributed by atoms with Crippen LogP contribution in [-0.4, -0.2) is 5.11 Å². The molecule has 2 aromatic carbocycles. The molecule has 1 N–H and O–H groups in total. The summed E-state index contributed by atoms with van der Waals surface area (Å²) in [5, 5.41) is 10.7. The third-order valence-electron chi connectivity index (χ3n) is 3.06. The summed E-state index contributed by atoms with van der Waals surface area (Å²) in [4.78, 5) is 0. The summed E-state index contributed by atoms with van der Waals surface area (Å²) in [5.41, 5.74) is 1.79. The fourth-order valence-electron chi connectivity index (χ4n) is 1.87. The van der Waals surface area contributed by atoms with Gasteiger partial charge in [-0.15, -0.1) is 0 Å². The maximum atomic E-state index is 9.51. The molecular formula is C16H16Cl2O2. The summed E-state index contributed by atoms with van der Waals surface area (Å²) < 4.78 is 5.77. The Balaban J connectivity index is 2.26. The highest BCUT2D eigenvalue weighted by atomic mass is 35.5. The van der Waals surface area contributed by atoms with E-state index in [1.165, 1.54) is 0 Å². The molecule has 0 heterocycles. The van der Waals surface area contributed by atoms with Crippen molar-refractivity contribution in [2.75, 3.05) is 0 Å². The average molecular weight is 311 g/mol. The molecule has 0 saturated heterocycles. The molecule has 0 aliphatic rings. The van der Waals surface area contributed by atoms with E-state index in [2.05, 4.69) is 0 Å². The van der Waals surface area contributed by atoms with Crippen molar-refractivity contribution in [1.29, 1.82) is 0 Å².